The van der Waals surface area contributed by atoms with Crippen molar-refractivity contribution in [2.24, 2.45) is 0 Å². The Balaban J connectivity index is 2.28. The molecule has 0 bridgehead atoms. The van der Waals surface area contributed by atoms with Crippen LogP contribution in [-0.4, -0.2) is 24.8 Å². The molecule has 1 saturated heterocycles. The Morgan fingerprint density at radius 1 is 1.38 bits per heavy atom. The first-order valence-electron chi connectivity index (χ1n) is 2.72. The van der Waals surface area contributed by atoms with Crippen LogP contribution in [0.1, 0.15) is 6.92 Å². The lowest BCUT2D eigenvalue weighted by molar-refractivity contribution is -0.0949. The predicted octanol–water partition coefficient (Wildman–Crippen LogP) is 0.678. The predicted molar refractivity (Wildman–Crippen MR) is 34.1 cm³/mol. The average molecular weight is 134 g/mol. The summed E-state index contributed by atoms with van der Waals surface area (Å²) in [6.45, 7) is 3.34. The van der Waals surface area contributed by atoms with Crippen LogP contribution >= 0.6 is 12.6 Å². The molecule has 0 N–H and O–H groups in total. The molecule has 0 aromatic carbocycles. The van der Waals surface area contributed by atoms with E-state index >= 15 is 0 Å². The van der Waals surface area contributed by atoms with Gasteiger partial charge < -0.3 is 9.47 Å². The van der Waals surface area contributed by atoms with Crippen molar-refractivity contribution in [3.8, 4) is 0 Å². The van der Waals surface area contributed by atoms with E-state index in [2.05, 4.69) is 12.6 Å². The lowest BCUT2D eigenvalue weighted by Crippen LogP contribution is -2.32. The maximum atomic E-state index is 5.19. The summed E-state index contributed by atoms with van der Waals surface area (Å²) in [5.41, 5.74) is -0.0243. The second kappa shape index (κ2) is 2.71. The highest BCUT2D eigenvalue weighted by Crippen LogP contribution is 2.11. The zero-order valence-corrected chi connectivity index (χ0v) is 5.73. The lowest BCUT2D eigenvalue weighted by atomic mass is 10.4. The third-order valence-electron chi connectivity index (χ3n) is 1.15. The third kappa shape index (κ3) is 1.37. The highest BCUT2D eigenvalue weighted by molar-refractivity contribution is 7.80. The SMILES string of the molecule is CC1OCCOC1S. The van der Waals surface area contributed by atoms with Crippen molar-refractivity contribution in [3.63, 3.8) is 0 Å². The normalized spacial score (nSPS) is 39.8. The summed E-state index contributed by atoms with van der Waals surface area (Å²) >= 11 is 4.11. The molecule has 1 aliphatic rings. The van der Waals surface area contributed by atoms with Crippen molar-refractivity contribution in [1.82, 2.24) is 0 Å². The second-order valence-corrected chi connectivity index (χ2v) is 2.35. The average Bonchev–Trinajstić information content (AvgIpc) is 1.77. The molecule has 0 spiro atoms. The van der Waals surface area contributed by atoms with Crippen molar-refractivity contribution in [2.45, 2.75) is 18.5 Å². The van der Waals surface area contributed by atoms with E-state index in [4.69, 9.17) is 9.47 Å². The van der Waals surface area contributed by atoms with Gasteiger partial charge in [-0.25, -0.2) is 0 Å². The molecule has 2 atom stereocenters. The van der Waals surface area contributed by atoms with Gasteiger partial charge in [-0.05, 0) is 6.92 Å². The summed E-state index contributed by atoms with van der Waals surface area (Å²) in [5, 5.41) is 0. The van der Waals surface area contributed by atoms with Crippen molar-refractivity contribution >= 4 is 12.6 Å². The molecule has 1 aliphatic heterocycles. The Morgan fingerprint density at radius 2 is 2.00 bits per heavy atom. The van der Waals surface area contributed by atoms with E-state index in [1.54, 1.807) is 0 Å². The van der Waals surface area contributed by atoms with Gasteiger partial charge in [-0.2, -0.15) is 0 Å². The number of hydrogen-bond donors (Lipinski definition) is 1. The Bertz CT molecular complexity index is 66.8. The van der Waals surface area contributed by atoms with Gasteiger partial charge >= 0.3 is 0 Å². The molecule has 0 amide bonds. The van der Waals surface area contributed by atoms with Crippen LogP contribution in [0.5, 0.6) is 0 Å². The monoisotopic (exact) mass is 134 g/mol. The van der Waals surface area contributed by atoms with E-state index in [1.807, 2.05) is 6.92 Å². The van der Waals surface area contributed by atoms with Crippen LogP contribution in [-0.2, 0) is 9.47 Å². The highest BCUT2D eigenvalue weighted by Gasteiger charge is 2.17. The van der Waals surface area contributed by atoms with Gasteiger partial charge in [0.1, 0.15) is 5.44 Å². The first-order valence-corrected chi connectivity index (χ1v) is 3.23. The molecule has 2 nitrogen and oxygen atoms in total. The summed E-state index contributed by atoms with van der Waals surface area (Å²) in [5.74, 6) is 0. The smallest absolute Gasteiger partial charge is 0.126 e. The van der Waals surface area contributed by atoms with Gasteiger partial charge in [0.25, 0.3) is 0 Å². The van der Waals surface area contributed by atoms with Gasteiger partial charge in [-0.1, -0.05) is 0 Å². The summed E-state index contributed by atoms with van der Waals surface area (Å²) in [6, 6.07) is 0. The van der Waals surface area contributed by atoms with Crippen molar-refractivity contribution in [3.05, 3.63) is 0 Å². The van der Waals surface area contributed by atoms with Gasteiger partial charge in [0.05, 0.1) is 19.3 Å². The molecule has 1 heterocycles. The number of thiol groups is 1. The third-order valence-corrected chi connectivity index (χ3v) is 1.72. The molecule has 1 fully saturated rings. The standard InChI is InChI=1S/C5H10O2S/c1-4-5(8)7-3-2-6-4/h4-5,8H,2-3H2,1H3. The Labute approximate surface area is 54.6 Å². The Morgan fingerprint density at radius 3 is 2.38 bits per heavy atom. The van der Waals surface area contributed by atoms with Crippen molar-refractivity contribution in [2.75, 3.05) is 13.2 Å². The minimum atomic E-state index is -0.0243. The van der Waals surface area contributed by atoms with E-state index < -0.39 is 0 Å². The zero-order chi connectivity index (χ0) is 5.98. The quantitative estimate of drug-likeness (QED) is 0.491. The maximum absolute atomic E-state index is 5.19. The van der Waals surface area contributed by atoms with Crippen LogP contribution in [0.25, 0.3) is 0 Å². The Hall–Kier alpha value is 0.270. The molecule has 0 aromatic heterocycles. The molecule has 3 heteroatoms. The molecule has 0 aliphatic carbocycles. The van der Waals surface area contributed by atoms with E-state index in [0.29, 0.717) is 13.2 Å². The van der Waals surface area contributed by atoms with E-state index in [0.717, 1.165) is 0 Å². The molecular formula is C5H10O2S. The largest absolute Gasteiger partial charge is 0.373 e. The highest BCUT2D eigenvalue weighted by atomic mass is 32.1. The van der Waals surface area contributed by atoms with Gasteiger partial charge in [-0.3, -0.25) is 0 Å². The second-order valence-electron chi connectivity index (χ2n) is 1.84. The first kappa shape index (κ1) is 6.39. The fourth-order valence-electron chi connectivity index (χ4n) is 0.621. The fraction of sp³-hybridized carbons (Fsp3) is 1.00. The fourth-order valence-corrected chi connectivity index (χ4v) is 0.812. The number of ether oxygens (including phenoxy) is 2. The molecule has 0 saturated carbocycles. The van der Waals surface area contributed by atoms with Crippen LogP contribution in [0, 0.1) is 0 Å². The van der Waals surface area contributed by atoms with Crippen molar-refractivity contribution < 1.29 is 9.47 Å². The zero-order valence-electron chi connectivity index (χ0n) is 4.83. The summed E-state index contributed by atoms with van der Waals surface area (Å²) in [6.07, 6.45) is 0.145. The summed E-state index contributed by atoms with van der Waals surface area (Å²) < 4.78 is 10.3. The van der Waals surface area contributed by atoms with Crippen LogP contribution in [0.3, 0.4) is 0 Å². The number of rotatable bonds is 0. The molecule has 1 rings (SSSR count). The minimum absolute atomic E-state index is 0.0243. The first-order chi connectivity index (χ1) is 3.80. The van der Waals surface area contributed by atoms with Crippen LogP contribution < -0.4 is 0 Å². The van der Waals surface area contributed by atoms with Gasteiger partial charge in [0, 0.05) is 0 Å². The Kier molecular flexibility index (Phi) is 2.16. The van der Waals surface area contributed by atoms with E-state index in [1.165, 1.54) is 0 Å². The molecular weight excluding hydrogens is 124 g/mol. The molecule has 0 radical (unpaired) electrons. The van der Waals surface area contributed by atoms with Crippen LogP contribution in [0.2, 0.25) is 0 Å². The molecule has 2 unspecified atom stereocenters. The van der Waals surface area contributed by atoms with Gasteiger partial charge in [-0.15, -0.1) is 12.6 Å². The van der Waals surface area contributed by atoms with E-state index in [9.17, 15) is 0 Å². The summed E-state index contributed by atoms with van der Waals surface area (Å²) in [7, 11) is 0. The van der Waals surface area contributed by atoms with Crippen LogP contribution in [0.15, 0.2) is 0 Å². The van der Waals surface area contributed by atoms with E-state index in [-0.39, 0.29) is 11.5 Å². The van der Waals surface area contributed by atoms with Crippen LogP contribution in [0.4, 0.5) is 0 Å². The molecule has 0 aromatic rings. The van der Waals surface area contributed by atoms with Gasteiger partial charge in [0.2, 0.25) is 0 Å². The van der Waals surface area contributed by atoms with Crippen molar-refractivity contribution in [1.29, 1.82) is 0 Å². The number of hydrogen-bond acceptors (Lipinski definition) is 3. The molecule has 8 heavy (non-hydrogen) atoms. The van der Waals surface area contributed by atoms with Gasteiger partial charge in [0.15, 0.2) is 0 Å². The molecule has 48 valence electrons. The summed E-state index contributed by atoms with van der Waals surface area (Å²) in [4.78, 5) is 0. The maximum Gasteiger partial charge on any atom is 0.126 e. The minimum Gasteiger partial charge on any atom is -0.373 e. The topological polar surface area (TPSA) is 18.5 Å². The lowest BCUT2D eigenvalue weighted by Gasteiger charge is -2.25.